The summed E-state index contributed by atoms with van der Waals surface area (Å²) >= 11 is 0. The van der Waals surface area contributed by atoms with E-state index in [9.17, 15) is 9.18 Å². The summed E-state index contributed by atoms with van der Waals surface area (Å²) in [6.07, 6.45) is 4.14. The molecule has 3 heterocycles. The Hall–Kier alpha value is -2.37. The minimum absolute atomic E-state index is 0. The van der Waals surface area contributed by atoms with Gasteiger partial charge in [-0.05, 0) is 78.8 Å². The van der Waals surface area contributed by atoms with Crippen LogP contribution >= 0.6 is 0 Å². The van der Waals surface area contributed by atoms with Crippen molar-refractivity contribution < 1.29 is 37.6 Å². The fourth-order valence-electron chi connectivity index (χ4n) is 7.23. The van der Waals surface area contributed by atoms with Gasteiger partial charge < -0.3 is 39.1 Å². The first-order valence-electron chi connectivity index (χ1n) is 16.2. The van der Waals surface area contributed by atoms with Crippen LogP contribution in [0.1, 0.15) is 53.2 Å². The lowest BCUT2D eigenvalue weighted by Crippen LogP contribution is -3.00. The van der Waals surface area contributed by atoms with Gasteiger partial charge in [-0.15, -0.1) is 0 Å². The SMILES string of the molecule is C[C@H]1CN(Cc2cccc(-c3cc(CNC(=O)c4cccc(CN5CC[N+]6(CCCCC6)CC5)c4)ccc3F)c2)CCN1.[I-]. The van der Waals surface area contributed by atoms with Crippen LogP contribution in [0.5, 0.6) is 0 Å². The summed E-state index contributed by atoms with van der Waals surface area (Å²) in [5.41, 5.74) is 5.35. The molecule has 1 spiro atoms. The maximum atomic E-state index is 15.0. The molecule has 3 aliphatic rings. The van der Waals surface area contributed by atoms with Crippen LogP contribution < -0.4 is 34.6 Å². The Balaban J connectivity index is 0.00000384. The summed E-state index contributed by atoms with van der Waals surface area (Å²) < 4.78 is 16.3. The van der Waals surface area contributed by atoms with Gasteiger partial charge in [-0.1, -0.05) is 36.4 Å². The topological polar surface area (TPSA) is 47.6 Å². The Kier molecular flexibility index (Phi) is 11.5. The monoisotopic (exact) mass is 711 g/mol. The van der Waals surface area contributed by atoms with Gasteiger partial charge in [0.2, 0.25) is 0 Å². The number of rotatable bonds is 8. The maximum absolute atomic E-state index is 15.0. The molecular weight excluding hydrogens is 664 g/mol. The van der Waals surface area contributed by atoms with E-state index in [1.165, 1.54) is 67.1 Å². The predicted molar refractivity (Wildman–Crippen MR) is 171 cm³/mol. The molecule has 236 valence electrons. The van der Waals surface area contributed by atoms with Crippen LogP contribution in [-0.2, 0) is 19.6 Å². The van der Waals surface area contributed by atoms with E-state index in [2.05, 4.69) is 45.6 Å². The number of piperazine rings is 2. The number of amides is 1. The third kappa shape index (κ3) is 8.46. The fourth-order valence-corrected chi connectivity index (χ4v) is 7.23. The lowest BCUT2D eigenvalue weighted by Gasteiger charge is -2.47. The van der Waals surface area contributed by atoms with Crippen LogP contribution in [0.15, 0.2) is 66.7 Å². The number of hydrogen-bond donors (Lipinski definition) is 2. The van der Waals surface area contributed by atoms with E-state index in [1.807, 2.05) is 36.4 Å². The largest absolute Gasteiger partial charge is 1.00 e. The molecule has 3 aliphatic heterocycles. The van der Waals surface area contributed by atoms with Gasteiger partial charge in [-0.25, -0.2) is 4.39 Å². The minimum atomic E-state index is -0.248. The highest BCUT2D eigenvalue weighted by Crippen LogP contribution is 2.26. The molecule has 3 aromatic carbocycles. The van der Waals surface area contributed by atoms with Crippen molar-refractivity contribution in [2.75, 3.05) is 58.9 Å². The Morgan fingerprint density at radius 1 is 0.864 bits per heavy atom. The van der Waals surface area contributed by atoms with Gasteiger partial charge in [0.25, 0.3) is 5.91 Å². The van der Waals surface area contributed by atoms with E-state index >= 15 is 0 Å². The van der Waals surface area contributed by atoms with Gasteiger partial charge in [0, 0.05) is 69.5 Å². The average Bonchev–Trinajstić information content (AvgIpc) is 3.02. The number of carbonyl (C=O) groups excluding carboxylic acids is 1. The Morgan fingerprint density at radius 3 is 2.36 bits per heavy atom. The van der Waals surface area contributed by atoms with Crippen LogP contribution in [0.3, 0.4) is 0 Å². The summed E-state index contributed by atoms with van der Waals surface area (Å²) in [4.78, 5) is 18.1. The minimum Gasteiger partial charge on any atom is -1.00 e. The number of quaternary nitrogens is 1. The molecular formula is C36H47FIN5O. The van der Waals surface area contributed by atoms with Crippen molar-refractivity contribution in [2.24, 2.45) is 0 Å². The molecule has 0 radical (unpaired) electrons. The lowest BCUT2D eigenvalue weighted by atomic mass is 10.00. The zero-order valence-corrected chi connectivity index (χ0v) is 28.2. The average molecular weight is 712 g/mol. The van der Waals surface area contributed by atoms with E-state index in [-0.39, 0.29) is 35.7 Å². The van der Waals surface area contributed by atoms with Gasteiger partial charge in [0.15, 0.2) is 0 Å². The summed E-state index contributed by atoms with van der Waals surface area (Å²) in [6, 6.07) is 21.8. The van der Waals surface area contributed by atoms with Crippen LogP contribution in [0.2, 0.25) is 0 Å². The molecule has 0 aliphatic carbocycles. The molecule has 0 saturated carbocycles. The van der Waals surface area contributed by atoms with Crippen LogP contribution in [0, 0.1) is 5.82 Å². The maximum Gasteiger partial charge on any atom is 0.251 e. The van der Waals surface area contributed by atoms with E-state index in [0.717, 1.165) is 56.9 Å². The number of nitrogens with one attached hydrogen (secondary N) is 2. The first-order valence-corrected chi connectivity index (χ1v) is 16.2. The summed E-state index contributed by atoms with van der Waals surface area (Å²) in [5, 5.41) is 6.55. The number of piperidine rings is 1. The third-order valence-corrected chi connectivity index (χ3v) is 9.72. The first kappa shape index (κ1) is 33.0. The number of hydrogen-bond acceptors (Lipinski definition) is 4. The van der Waals surface area contributed by atoms with Gasteiger partial charge in [-0.3, -0.25) is 14.6 Å². The Bertz CT molecular complexity index is 1400. The van der Waals surface area contributed by atoms with Crippen molar-refractivity contribution in [3.05, 3.63) is 94.8 Å². The Labute approximate surface area is 279 Å². The molecule has 3 aromatic rings. The number of nitrogens with zero attached hydrogens (tertiary/aromatic N) is 3. The Morgan fingerprint density at radius 2 is 1.59 bits per heavy atom. The van der Waals surface area contributed by atoms with Crippen molar-refractivity contribution in [2.45, 2.75) is 51.9 Å². The number of benzene rings is 3. The molecule has 3 fully saturated rings. The molecule has 0 aromatic heterocycles. The molecule has 1 atom stereocenters. The summed E-state index contributed by atoms with van der Waals surface area (Å²) in [5.74, 6) is -0.349. The van der Waals surface area contributed by atoms with Gasteiger partial charge in [0.1, 0.15) is 5.82 Å². The van der Waals surface area contributed by atoms with Gasteiger partial charge >= 0.3 is 0 Å². The summed E-state index contributed by atoms with van der Waals surface area (Å²) in [7, 11) is 0. The fraction of sp³-hybridized carbons (Fsp3) is 0.472. The molecule has 6 rings (SSSR count). The highest BCUT2D eigenvalue weighted by Gasteiger charge is 2.34. The molecule has 0 unspecified atom stereocenters. The van der Waals surface area contributed by atoms with Crippen molar-refractivity contribution >= 4 is 5.91 Å². The highest BCUT2D eigenvalue weighted by atomic mass is 127. The molecule has 3 saturated heterocycles. The van der Waals surface area contributed by atoms with E-state index in [0.29, 0.717) is 23.7 Å². The molecule has 8 heteroatoms. The smallest absolute Gasteiger partial charge is 0.251 e. The molecule has 0 bridgehead atoms. The summed E-state index contributed by atoms with van der Waals surface area (Å²) in [6.45, 7) is 14.8. The second-order valence-electron chi connectivity index (χ2n) is 13.1. The van der Waals surface area contributed by atoms with Crippen molar-refractivity contribution in [3.63, 3.8) is 0 Å². The van der Waals surface area contributed by atoms with Crippen LogP contribution in [-0.4, -0.2) is 85.1 Å². The predicted octanol–water partition coefficient (Wildman–Crippen LogP) is 2.04. The quantitative estimate of drug-likeness (QED) is 0.278. The molecule has 44 heavy (non-hydrogen) atoms. The zero-order chi connectivity index (χ0) is 29.6. The molecule has 1 amide bonds. The normalized spacial score (nSPS) is 20.6. The molecule has 2 N–H and O–H groups in total. The van der Waals surface area contributed by atoms with E-state index in [4.69, 9.17) is 0 Å². The van der Waals surface area contributed by atoms with Crippen molar-refractivity contribution in [1.29, 1.82) is 0 Å². The number of carbonyl (C=O) groups is 1. The van der Waals surface area contributed by atoms with E-state index < -0.39 is 0 Å². The van der Waals surface area contributed by atoms with Crippen molar-refractivity contribution in [1.82, 2.24) is 20.4 Å². The van der Waals surface area contributed by atoms with Gasteiger partial charge in [-0.2, -0.15) is 0 Å². The van der Waals surface area contributed by atoms with Crippen molar-refractivity contribution in [3.8, 4) is 11.1 Å². The molecule has 6 nitrogen and oxygen atoms in total. The van der Waals surface area contributed by atoms with Crippen LogP contribution in [0.25, 0.3) is 11.1 Å². The third-order valence-electron chi connectivity index (χ3n) is 9.72. The number of halogens is 2. The van der Waals surface area contributed by atoms with E-state index in [1.54, 1.807) is 6.07 Å². The standard InChI is InChI=1S/C36H46FN5O.HI/c1-28-25-41(14-13-38-28)27-30-7-5-9-32(21-30)34-23-29(11-12-35(34)37)24-39-36(43)33-10-6-8-31(22-33)26-40-15-19-42(20-16-40)17-3-2-4-18-42;/h5-12,21-23,28,38H,2-4,13-20,24-27H2,1H3;1H/t28-;/m0./s1. The second-order valence-corrected chi connectivity index (χ2v) is 13.1. The highest BCUT2D eigenvalue weighted by molar-refractivity contribution is 5.94. The van der Waals surface area contributed by atoms with Gasteiger partial charge in [0.05, 0.1) is 26.2 Å². The zero-order valence-electron chi connectivity index (χ0n) is 26.0. The lowest BCUT2D eigenvalue weighted by molar-refractivity contribution is -0.936. The van der Waals surface area contributed by atoms with Crippen LogP contribution in [0.4, 0.5) is 4.39 Å². The second kappa shape index (κ2) is 15.3. The first-order chi connectivity index (χ1) is 20.9.